The first-order valence-corrected chi connectivity index (χ1v) is 4.02. The summed E-state index contributed by atoms with van der Waals surface area (Å²) in [6, 6.07) is -0.0301. The summed E-state index contributed by atoms with van der Waals surface area (Å²) in [5, 5.41) is 2.65. The Labute approximate surface area is 73.8 Å². The van der Waals surface area contributed by atoms with Gasteiger partial charge in [-0.1, -0.05) is 26.0 Å². The first kappa shape index (κ1) is 11.0. The Morgan fingerprint density at radius 3 is 2.25 bits per heavy atom. The Morgan fingerprint density at radius 1 is 1.42 bits per heavy atom. The normalized spacial score (nSPS) is 12.4. The molecule has 1 amide bonds. The van der Waals surface area contributed by atoms with E-state index in [-0.39, 0.29) is 6.04 Å². The molecule has 0 aromatic rings. The molecule has 0 aromatic carbocycles. The van der Waals surface area contributed by atoms with Crippen LogP contribution in [0.15, 0.2) is 12.2 Å². The van der Waals surface area contributed by atoms with Crippen LogP contribution in [0.3, 0.4) is 0 Å². The lowest BCUT2D eigenvalue weighted by Gasteiger charge is -2.18. The number of carbonyl (C=O) groups is 1. The van der Waals surface area contributed by atoms with Crippen LogP contribution in [0, 0.1) is 5.92 Å². The van der Waals surface area contributed by atoms with Gasteiger partial charge in [-0.3, -0.25) is 0 Å². The smallest absolute Gasteiger partial charge is 0.407 e. The molecule has 3 nitrogen and oxygen atoms in total. The van der Waals surface area contributed by atoms with E-state index >= 15 is 0 Å². The zero-order valence-corrected chi connectivity index (χ0v) is 8.18. The zero-order chi connectivity index (χ0) is 9.72. The molecule has 1 N–H and O–H groups in total. The van der Waals surface area contributed by atoms with E-state index in [1.807, 2.05) is 20.8 Å². The van der Waals surface area contributed by atoms with Crippen LogP contribution in [0.25, 0.3) is 0 Å². The highest BCUT2D eigenvalue weighted by molar-refractivity contribution is 5.67. The van der Waals surface area contributed by atoms with Gasteiger partial charge >= 0.3 is 6.09 Å². The van der Waals surface area contributed by atoms with Crippen molar-refractivity contribution in [2.75, 3.05) is 7.11 Å². The SMILES string of the molecule is C=C(C(C)C)C(C)NC(=O)OC. The van der Waals surface area contributed by atoms with Crippen molar-refractivity contribution in [1.29, 1.82) is 0 Å². The van der Waals surface area contributed by atoms with Crippen LogP contribution < -0.4 is 5.32 Å². The number of hydrogen-bond acceptors (Lipinski definition) is 2. The lowest BCUT2D eigenvalue weighted by molar-refractivity contribution is 0.168. The molecular weight excluding hydrogens is 154 g/mol. The highest BCUT2D eigenvalue weighted by Gasteiger charge is 2.12. The summed E-state index contributed by atoms with van der Waals surface area (Å²) in [5.74, 6) is 0.372. The monoisotopic (exact) mass is 171 g/mol. The van der Waals surface area contributed by atoms with Crippen LogP contribution in [0.5, 0.6) is 0 Å². The Kier molecular flexibility index (Phi) is 4.40. The third-order valence-electron chi connectivity index (χ3n) is 1.82. The third-order valence-corrected chi connectivity index (χ3v) is 1.82. The van der Waals surface area contributed by atoms with Gasteiger partial charge in [0.05, 0.1) is 13.2 Å². The average Bonchev–Trinajstić information content (AvgIpc) is 2.02. The van der Waals surface area contributed by atoms with Gasteiger partial charge in [-0.2, -0.15) is 0 Å². The van der Waals surface area contributed by atoms with Gasteiger partial charge in [-0.05, 0) is 12.8 Å². The Balaban J connectivity index is 3.95. The topological polar surface area (TPSA) is 38.3 Å². The average molecular weight is 171 g/mol. The van der Waals surface area contributed by atoms with Gasteiger partial charge in [-0.15, -0.1) is 0 Å². The second-order valence-corrected chi connectivity index (χ2v) is 3.09. The predicted molar refractivity (Wildman–Crippen MR) is 49.0 cm³/mol. The van der Waals surface area contributed by atoms with Crippen LogP contribution in [-0.2, 0) is 4.74 Å². The quantitative estimate of drug-likeness (QED) is 0.659. The molecule has 0 bridgehead atoms. The minimum absolute atomic E-state index is 0.0301. The molecule has 0 saturated carbocycles. The second-order valence-electron chi connectivity index (χ2n) is 3.09. The van der Waals surface area contributed by atoms with Crippen LogP contribution in [0.4, 0.5) is 4.79 Å². The molecule has 1 unspecified atom stereocenters. The maximum atomic E-state index is 10.8. The van der Waals surface area contributed by atoms with Crippen molar-refractivity contribution in [3.05, 3.63) is 12.2 Å². The van der Waals surface area contributed by atoms with Crippen LogP contribution in [0.2, 0.25) is 0 Å². The molecule has 70 valence electrons. The van der Waals surface area contributed by atoms with E-state index < -0.39 is 6.09 Å². The molecule has 0 aliphatic heterocycles. The molecule has 12 heavy (non-hydrogen) atoms. The van der Waals surface area contributed by atoms with Crippen molar-refractivity contribution in [3.8, 4) is 0 Å². The van der Waals surface area contributed by atoms with Gasteiger partial charge in [0.15, 0.2) is 0 Å². The molecule has 0 aromatic heterocycles. The number of amides is 1. The Hall–Kier alpha value is -0.990. The zero-order valence-electron chi connectivity index (χ0n) is 8.18. The minimum Gasteiger partial charge on any atom is -0.453 e. The molecule has 3 heteroatoms. The maximum absolute atomic E-state index is 10.8. The number of rotatable bonds is 3. The molecule has 0 saturated heterocycles. The summed E-state index contributed by atoms with van der Waals surface area (Å²) in [6.07, 6.45) is -0.413. The van der Waals surface area contributed by atoms with Crippen molar-refractivity contribution >= 4 is 6.09 Å². The molecule has 0 radical (unpaired) electrons. The summed E-state index contributed by atoms with van der Waals surface area (Å²) in [5.41, 5.74) is 1.00. The number of hydrogen-bond donors (Lipinski definition) is 1. The summed E-state index contributed by atoms with van der Waals surface area (Å²) in [6.45, 7) is 9.84. The maximum Gasteiger partial charge on any atom is 0.407 e. The van der Waals surface area contributed by atoms with E-state index in [0.29, 0.717) is 5.92 Å². The summed E-state index contributed by atoms with van der Waals surface area (Å²) in [7, 11) is 1.35. The van der Waals surface area contributed by atoms with E-state index in [1.165, 1.54) is 7.11 Å². The van der Waals surface area contributed by atoms with Crippen molar-refractivity contribution in [2.24, 2.45) is 5.92 Å². The Morgan fingerprint density at radius 2 is 1.92 bits per heavy atom. The number of carbonyl (C=O) groups excluding carboxylic acids is 1. The molecule has 0 heterocycles. The van der Waals surface area contributed by atoms with E-state index in [0.717, 1.165) is 5.57 Å². The predicted octanol–water partition coefficient (Wildman–Crippen LogP) is 1.94. The minimum atomic E-state index is -0.413. The van der Waals surface area contributed by atoms with Gasteiger partial charge in [0.25, 0.3) is 0 Å². The van der Waals surface area contributed by atoms with Crippen LogP contribution >= 0.6 is 0 Å². The van der Waals surface area contributed by atoms with Gasteiger partial charge in [0.2, 0.25) is 0 Å². The second kappa shape index (κ2) is 4.80. The van der Waals surface area contributed by atoms with Gasteiger partial charge in [0.1, 0.15) is 0 Å². The van der Waals surface area contributed by atoms with E-state index in [2.05, 4.69) is 16.6 Å². The number of methoxy groups -OCH3 is 1. The fourth-order valence-corrected chi connectivity index (χ4v) is 0.828. The molecule has 0 spiro atoms. The molecule has 0 rings (SSSR count). The Bertz CT molecular complexity index is 175. The highest BCUT2D eigenvalue weighted by atomic mass is 16.5. The fourth-order valence-electron chi connectivity index (χ4n) is 0.828. The number of nitrogens with one attached hydrogen (secondary N) is 1. The van der Waals surface area contributed by atoms with Gasteiger partial charge in [0, 0.05) is 0 Å². The first-order valence-electron chi connectivity index (χ1n) is 4.02. The standard InChI is InChI=1S/C9H17NO2/c1-6(2)7(3)8(4)10-9(11)12-5/h6,8H,3H2,1-2,4-5H3,(H,10,11). The lowest BCUT2D eigenvalue weighted by Crippen LogP contribution is -2.34. The fraction of sp³-hybridized carbons (Fsp3) is 0.667. The summed E-state index contributed by atoms with van der Waals surface area (Å²) >= 11 is 0. The lowest BCUT2D eigenvalue weighted by atomic mass is 9.99. The number of alkyl carbamates (subject to hydrolysis) is 1. The summed E-state index contributed by atoms with van der Waals surface area (Å²) < 4.78 is 4.46. The van der Waals surface area contributed by atoms with Crippen molar-refractivity contribution in [2.45, 2.75) is 26.8 Å². The van der Waals surface area contributed by atoms with Crippen molar-refractivity contribution in [3.63, 3.8) is 0 Å². The molecule has 1 atom stereocenters. The first-order chi connectivity index (χ1) is 5.49. The largest absolute Gasteiger partial charge is 0.453 e. The summed E-state index contributed by atoms with van der Waals surface area (Å²) in [4.78, 5) is 10.8. The van der Waals surface area contributed by atoms with Gasteiger partial charge in [-0.25, -0.2) is 4.79 Å². The van der Waals surface area contributed by atoms with E-state index in [9.17, 15) is 4.79 Å². The van der Waals surface area contributed by atoms with Crippen molar-refractivity contribution < 1.29 is 9.53 Å². The van der Waals surface area contributed by atoms with Crippen LogP contribution in [0.1, 0.15) is 20.8 Å². The molecule has 0 fully saturated rings. The van der Waals surface area contributed by atoms with Gasteiger partial charge < -0.3 is 10.1 Å². The van der Waals surface area contributed by atoms with E-state index in [1.54, 1.807) is 0 Å². The molecular formula is C9H17NO2. The van der Waals surface area contributed by atoms with E-state index in [4.69, 9.17) is 0 Å². The van der Waals surface area contributed by atoms with Crippen molar-refractivity contribution in [1.82, 2.24) is 5.32 Å². The third kappa shape index (κ3) is 3.42. The highest BCUT2D eigenvalue weighted by Crippen LogP contribution is 2.10. The number of ether oxygens (including phenoxy) is 1. The molecule has 0 aliphatic rings. The van der Waals surface area contributed by atoms with Crippen LogP contribution in [-0.4, -0.2) is 19.2 Å². The molecule has 0 aliphatic carbocycles.